The van der Waals surface area contributed by atoms with Crippen LogP contribution < -0.4 is 5.73 Å². The number of nitrogens with two attached hydrogens (primary N) is 1. The Morgan fingerprint density at radius 1 is 1.75 bits per heavy atom. The zero-order valence-electron chi connectivity index (χ0n) is 5.91. The van der Waals surface area contributed by atoms with Gasteiger partial charge in [-0.2, -0.15) is 4.39 Å². The molecular weight excluding hydrogens is 183 g/mol. The van der Waals surface area contributed by atoms with Crippen LogP contribution in [-0.2, 0) is 11.2 Å². The third kappa shape index (κ3) is 1.85. The molecule has 1 heterocycles. The van der Waals surface area contributed by atoms with Gasteiger partial charge < -0.3 is 5.73 Å². The number of nitrogens with zero attached hydrogens (tertiary/aromatic N) is 1. The van der Waals surface area contributed by atoms with E-state index in [1.54, 1.807) is 0 Å². The summed E-state index contributed by atoms with van der Waals surface area (Å²) in [6.45, 7) is 0. The number of aldehydes is 1. The van der Waals surface area contributed by atoms with Gasteiger partial charge in [0.1, 0.15) is 9.88 Å². The first-order valence-corrected chi connectivity index (χ1v) is 3.84. The molecule has 0 radical (unpaired) electrons. The largest absolute Gasteiger partial charge is 0.369 e. The molecule has 0 aliphatic carbocycles. The summed E-state index contributed by atoms with van der Waals surface area (Å²) >= 11 is 0.833. The quantitative estimate of drug-likeness (QED) is 0.685. The molecule has 0 fully saturated rings. The van der Waals surface area contributed by atoms with Gasteiger partial charge >= 0.3 is 0 Å². The van der Waals surface area contributed by atoms with Crippen molar-refractivity contribution < 1.29 is 14.0 Å². The maximum Gasteiger partial charge on any atom is 0.234 e. The molecule has 6 heteroatoms. The van der Waals surface area contributed by atoms with Gasteiger partial charge in [0.2, 0.25) is 11.9 Å². The monoisotopic (exact) mass is 188 g/mol. The van der Waals surface area contributed by atoms with E-state index in [1.165, 1.54) is 0 Å². The second-order valence-corrected chi connectivity index (χ2v) is 3.14. The molecule has 0 aliphatic heterocycles. The van der Waals surface area contributed by atoms with Crippen LogP contribution in [0.25, 0.3) is 0 Å². The highest BCUT2D eigenvalue weighted by molar-refractivity contribution is 7.13. The zero-order valence-corrected chi connectivity index (χ0v) is 6.73. The van der Waals surface area contributed by atoms with E-state index in [0.717, 1.165) is 11.3 Å². The summed E-state index contributed by atoms with van der Waals surface area (Å²) in [7, 11) is 0. The summed E-state index contributed by atoms with van der Waals surface area (Å²) in [6, 6.07) is 0. The number of halogens is 1. The van der Waals surface area contributed by atoms with Crippen LogP contribution in [0.2, 0.25) is 0 Å². The normalized spacial score (nSPS) is 9.75. The molecule has 0 spiro atoms. The number of aromatic nitrogens is 1. The van der Waals surface area contributed by atoms with Gasteiger partial charge in [0, 0.05) is 0 Å². The molecule has 1 aromatic rings. The van der Waals surface area contributed by atoms with Gasteiger partial charge in [-0.15, -0.1) is 11.3 Å². The fraction of sp³-hybridized carbons (Fsp3) is 0.167. The van der Waals surface area contributed by atoms with Crippen molar-refractivity contribution in [2.45, 2.75) is 6.42 Å². The number of rotatable bonds is 3. The molecule has 0 saturated heterocycles. The molecule has 1 aromatic heterocycles. The number of hydrogen-bond acceptors (Lipinski definition) is 4. The predicted octanol–water partition coefficient (Wildman–Crippen LogP) is 0.123. The van der Waals surface area contributed by atoms with Crippen LogP contribution in [0.3, 0.4) is 0 Å². The minimum Gasteiger partial charge on any atom is -0.369 e. The van der Waals surface area contributed by atoms with Gasteiger partial charge in [0.05, 0.1) is 6.42 Å². The number of carbonyl (C=O) groups excluding carboxylic acids is 2. The molecule has 0 unspecified atom stereocenters. The topological polar surface area (TPSA) is 73.1 Å². The summed E-state index contributed by atoms with van der Waals surface area (Å²) in [5.74, 6) is -1.44. The smallest absolute Gasteiger partial charge is 0.234 e. The Morgan fingerprint density at radius 3 is 2.83 bits per heavy atom. The second-order valence-electron chi connectivity index (χ2n) is 2.02. The minimum atomic E-state index is -0.841. The van der Waals surface area contributed by atoms with Crippen LogP contribution in [0, 0.1) is 5.95 Å². The third-order valence-electron chi connectivity index (χ3n) is 1.09. The van der Waals surface area contributed by atoms with Crippen LogP contribution in [-0.4, -0.2) is 17.2 Å². The van der Waals surface area contributed by atoms with Crippen molar-refractivity contribution in [3.63, 3.8) is 0 Å². The molecular formula is C6H5FN2O2S. The van der Waals surface area contributed by atoms with E-state index in [9.17, 15) is 14.0 Å². The molecule has 4 nitrogen and oxygen atoms in total. The van der Waals surface area contributed by atoms with Gasteiger partial charge in [-0.25, -0.2) is 4.98 Å². The lowest BCUT2D eigenvalue weighted by Crippen LogP contribution is -2.13. The lowest BCUT2D eigenvalue weighted by Gasteiger charge is -1.85. The van der Waals surface area contributed by atoms with E-state index in [2.05, 4.69) is 4.98 Å². The van der Waals surface area contributed by atoms with Crippen LogP contribution in [0.15, 0.2) is 0 Å². The Balaban J connectivity index is 2.89. The van der Waals surface area contributed by atoms with Crippen LogP contribution >= 0.6 is 11.3 Å². The first-order chi connectivity index (χ1) is 5.63. The second kappa shape index (κ2) is 3.40. The van der Waals surface area contributed by atoms with Gasteiger partial charge in [0.25, 0.3) is 0 Å². The standard InChI is InChI=1S/C6H5FN2O2S/c7-6-3(2-10)12-5(9-6)1-4(8)11/h2H,1H2,(H2,8,11). The fourth-order valence-electron chi connectivity index (χ4n) is 0.654. The molecule has 2 N–H and O–H groups in total. The lowest BCUT2D eigenvalue weighted by molar-refractivity contribution is -0.117. The van der Waals surface area contributed by atoms with Crippen LogP contribution in [0.4, 0.5) is 4.39 Å². The summed E-state index contributed by atoms with van der Waals surface area (Å²) in [5, 5.41) is 0.224. The zero-order chi connectivity index (χ0) is 9.14. The summed E-state index contributed by atoms with van der Waals surface area (Å²) in [4.78, 5) is 23.7. The highest BCUT2D eigenvalue weighted by atomic mass is 32.1. The summed E-state index contributed by atoms with van der Waals surface area (Å²) in [6.07, 6.45) is 0.229. The number of hydrogen-bond donors (Lipinski definition) is 1. The van der Waals surface area contributed by atoms with Crippen molar-refractivity contribution in [1.82, 2.24) is 4.98 Å². The van der Waals surface area contributed by atoms with Crippen molar-refractivity contribution in [3.8, 4) is 0 Å². The highest BCUT2D eigenvalue weighted by Gasteiger charge is 2.10. The summed E-state index contributed by atoms with van der Waals surface area (Å²) in [5.41, 5.74) is 4.84. The Labute approximate surface area is 71.2 Å². The van der Waals surface area contributed by atoms with Crippen molar-refractivity contribution in [2.24, 2.45) is 5.73 Å². The van der Waals surface area contributed by atoms with Crippen LogP contribution in [0.1, 0.15) is 14.7 Å². The van der Waals surface area contributed by atoms with Gasteiger partial charge in [-0.05, 0) is 0 Å². The van der Waals surface area contributed by atoms with Crippen molar-refractivity contribution in [3.05, 3.63) is 15.8 Å². The molecule has 64 valence electrons. The van der Waals surface area contributed by atoms with E-state index >= 15 is 0 Å². The number of thiazole rings is 1. The molecule has 0 aromatic carbocycles. The molecule has 0 bridgehead atoms. The maximum atomic E-state index is 12.6. The van der Waals surface area contributed by atoms with E-state index in [0.29, 0.717) is 6.29 Å². The van der Waals surface area contributed by atoms with E-state index in [1.807, 2.05) is 0 Å². The molecule has 0 atom stereocenters. The van der Waals surface area contributed by atoms with E-state index < -0.39 is 11.9 Å². The Kier molecular flexibility index (Phi) is 2.49. The van der Waals surface area contributed by atoms with E-state index in [4.69, 9.17) is 5.73 Å². The number of carbonyl (C=O) groups is 2. The lowest BCUT2D eigenvalue weighted by atomic mass is 10.4. The van der Waals surface area contributed by atoms with Gasteiger partial charge in [-0.3, -0.25) is 9.59 Å². The Morgan fingerprint density at radius 2 is 2.42 bits per heavy atom. The van der Waals surface area contributed by atoms with Crippen molar-refractivity contribution in [2.75, 3.05) is 0 Å². The predicted molar refractivity (Wildman–Crippen MR) is 40.4 cm³/mol. The average molecular weight is 188 g/mol. The Bertz CT molecular complexity index is 323. The maximum absolute atomic E-state index is 12.6. The molecule has 1 rings (SSSR count). The SMILES string of the molecule is NC(=O)Cc1nc(F)c(C=O)s1. The molecule has 0 saturated carbocycles. The fourth-order valence-corrected chi connectivity index (χ4v) is 1.43. The van der Waals surface area contributed by atoms with Crippen molar-refractivity contribution in [1.29, 1.82) is 0 Å². The third-order valence-corrected chi connectivity index (χ3v) is 2.04. The minimum absolute atomic E-state index is 0.105. The van der Waals surface area contributed by atoms with Gasteiger partial charge in [0.15, 0.2) is 6.29 Å². The highest BCUT2D eigenvalue weighted by Crippen LogP contribution is 2.15. The van der Waals surface area contributed by atoms with Gasteiger partial charge in [-0.1, -0.05) is 0 Å². The number of primary amides is 1. The number of amides is 1. The Hall–Kier alpha value is -1.30. The molecule has 1 amide bonds. The first-order valence-electron chi connectivity index (χ1n) is 3.02. The van der Waals surface area contributed by atoms with Crippen molar-refractivity contribution >= 4 is 23.5 Å². The van der Waals surface area contributed by atoms with E-state index in [-0.39, 0.29) is 16.3 Å². The van der Waals surface area contributed by atoms with Crippen LogP contribution in [0.5, 0.6) is 0 Å². The summed E-state index contributed by atoms with van der Waals surface area (Å²) < 4.78 is 12.6. The molecule has 0 aliphatic rings. The molecule has 12 heavy (non-hydrogen) atoms. The first kappa shape index (κ1) is 8.79. The average Bonchev–Trinajstić information content (AvgIpc) is 2.29.